The summed E-state index contributed by atoms with van der Waals surface area (Å²) in [7, 11) is 0. The Kier molecular flexibility index (Phi) is 5.36. The van der Waals surface area contributed by atoms with Crippen molar-refractivity contribution in [2.45, 2.75) is 20.3 Å². The molecule has 7 aromatic rings. The van der Waals surface area contributed by atoms with Gasteiger partial charge in [0.25, 0.3) is 0 Å². The first-order valence-corrected chi connectivity index (χ1v) is 14.4. The van der Waals surface area contributed by atoms with Gasteiger partial charge in [0.2, 0.25) is 0 Å². The highest BCUT2D eigenvalue weighted by Gasteiger charge is 2.17. The summed E-state index contributed by atoms with van der Waals surface area (Å²) >= 11 is 0. The lowest BCUT2D eigenvalue weighted by Crippen LogP contribution is -1.99. The predicted octanol–water partition coefficient (Wildman–Crippen LogP) is 10.4. The number of fused-ring (bicyclic) bond motifs is 6. The molecule has 0 N–H and O–H groups in total. The van der Waals surface area contributed by atoms with Crippen LogP contribution < -0.4 is 0 Å². The zero-order valence-corrected chi connectivity index (χ0v) is 23.3. The van der Waals surface area contributed by atoms with Crippen molar-refractivity contribution in [2.24, 2.45) is 0 Å². The highest BCUT2D eigenvalue weighted by molar-refractivity contribution is 6.09. The van der Waals surface area contributed by atoms with Crippen LogP contribution in [0.15, 0.2) is 121 Å². The Balaban J connectivity index is 1.24. The highest BCUT2D eigenvalue weighted by Crippen LogP contribution is 2.37. The first kappa shape index (κ1) is 23.8. The zero-order valence-electron chi connectivity index (χ0n) is 23.3. The molecule has 196 valence electrons. The number of benzene rings is 5. The monoisotopic (exact) mass is 526 g/mol. The van der Waals surface area contributed by atoms with Crippen LogP contribution in [0.1, 0.15) is 28.8 Å². The second-order valence-corrected chi connectivity index (χ2v) is 11.1. The summed E-state index contributed by atoms with van der Waals surface area (Å²) in [6.07, 6.45) is 10.0. The molecule has 2 heterocycles. The van der Waals surface area contributed by atoms with Crippen LogP contribution in [-0.2, 0) is 0 Å². The van der Waals surface area contributed by atoms with Gasteiger partial charge in [0.1, 0.15) is 0 Å². The van der Waals surface area contributed by atoms with Crippen LogP contribution in [-0.4, -0.2) is 9.13 Å². The fourth-order valence-electron chi connectivity index (χ4n) is 6.73. The number of hydrogen-bond donors (Lipinski definition) is 0. The molecule has 0 spiro atoms. The minimum Gasteiger partial charge on any atom is -0.309 e. The summed E-state index contributed by atoms with van der Waals surface area (Å²) in [5.41, 5.74) is 13.8. The molecule has 1 aliphatic carbocycles. The van der Waals surface area contributed by atoms with Crippen molar-refractivity contribution in [3.8, 4) is 22.5 Å². The molecule has 2 heteroatoms. The van der Waals surface area contributed by atoms with Gasteiger partial charge in [-0.25, -0.2) is 0 Å². The van der Waals surface area contributed by atoms with E-state index in [1.807, 2.05) is 0 Å². The maximum Gasteiger partial charge on any atom is 0.0541 e. The molecule has 0 radical (unpaired) electrons. The zero-order chi connectivity index (χ0) is 27.5. The average Bonchev–Trinajstić information content (AvgIpc) is 3.38. The maximum atomic E-state index is 2.41. The molecule has 0 atom stereocenters. The van der Waals surface area contributed by atoms with Crippen molar-refractivity contribution < 1.29 is 0 Å². The van der Waals surface area contributed by atoms with Crippen molar-refractivity contribution in [1.82, 2.24) is 9.13 Å². The molecular weight excluding hydrogens is 496 g/mol. The minimum atomic E-state index is 0.963. The van der Waals surface area contributed by atoms with E-state index < -0.39 is 0 Å². The summed E-state index contributed by atoms with van der Waals surface area (Å²) in [6.45, 7) is 4.47. The molecule has 0 saturated heterocycles. The predicted molar refractivity (Wildman–Crippen MR) is 175 cm³/mol. The van der Waals surface area contributed by atoms with Crippen molar-refractivity contribution in [3.63, 3.8) is 0 Å². The normalized spacial score (nSPS) is 12.8. The topological polar surface area (TPSA) is 9.86 Å². The molecule has 2 nitrogen and oxygen atoms in total. The Morgan fingerprint density at radius 1 is 0.488 bits per heavy atom. The van der Waals surface area contributed by atoms with Crippen LogP contribution in [0.2, 0.25) is 0 Å². The van der Waals surface area contributed by atoms with E-state index in [1.54, 1.807) is 0 Å². The highest BCUT2D eigenvalue weighted by atomic mass is 15.0. The Morgan fingerprint density at radius 2 is 0.976 bits per heavy atom. The number of hydrogen-bond acceptors (Lipinski definition) is 0. The fourth-order valence-corrected chi connectivity index (χ4v) is 6.73. The van der Waals surface area contributed by atoms with Crippen LogP contribution in [0, 0.1) is 13.8 Å². The molecular formula is C39H30N2. The van der Waals surface area contributed by atoms with Gasteiger partial charge in [-0.2, -0.15) is 0 Å². The molecule has 8 rings (SSSR count). The summed E-state index contributed by atoms with van der Waals surface area (Å²) < 4.78 is 4.80. The summed E-state index contributed by atoms with van der Waals surface area (Å²) in [5.74, 6) is 0. The Morgan fingerprint density at radius 3 is 1.56 bits per heavy atom. The molecule has 0 unspecified atom stereocenters. The molecule has 0 aliphatic heterocycles. The summed E-state index contributed by atoms with van der Waals surface area (Å²) in [6, 6.07) is 39.9. The van der Waals surface area contributed by atoms with Crippen LogP contribution in [0.25, 0.3) is 67.4 Å². The molecule has 5 aromatic carbocycles. The van der Waals surface area contributed by atoms with Gasteiger partial charge in [-0.3, -0.25) is 0 Å². The van der Waals surface area contributed by atoms with Gasteiger partial charge >= 0.3 is 0 Å². The van der Waals surface area contributed by atoms with Gasteiger partial charge in [-0.1, -0.05) is 85.0 Å². The van der Waals surface area contributed by atoms with Gasteiger partial charge in [-0.05, 0) is 91.1 Å². The van der Waals surface area contributed by atoms with E-state index in [4.69, 9.17) is 0 Å². The fraction of sp³-hybridized carbons (Fsp3) is 0.0769. The molecule has 41 heavy (non-hydrogen) atoms. The third-order valence-electron chi connectivity index (χ3n) is 8.59. The number of aryl methyl sites for hydroxylation is 2. The third-order valence-corrected chi connectivity index (χ3v) is 8.59. The van der Waals surface area contributed by atoms with Gasteiger partial charge in [0.05, 0.1) is 22.2 Å². The van der Waals surface area contributed by atoms with Gasteiger partial charge in [0.15, 0.2) is 0 Å². The van der Waals surface area contributed by atoms with E-state index in [1.165, 1.54) is 77.6 Å². The van der Waals surface area contributed by atoms with E-state index in [0.29, 0.717) is 0 Å². The lowest BCUT2D eigenvalue weighted by atomic mass is 9.95. The van der Waals surface area contributed by atoms with Gasteiger partial charge in [-0.15, -0.1) is 0 Å². The van der Waals surface area contributed by atoms with Gasteiger partial charge in [0, 0.05) is 33.1 Å². The number of aromatic nitrogens is 2. The van der Waals surface area contributed by atoms with Crippen molar-refractivity contribution in [3.05, 3.63) is 144 Å². The standard InChI is InChI=1S/C39H30N2/c1-26-24-28(40-36-16-5-3-4-12-32(36)33-13-6-9-17-37(33)40)20-22-30(26)31-23-21-29(25-27(31)2)41-38-18-10-7-14-34(38)35-15-8-11-19-39(35)41/h4-25H,3H2,1-2H3. The van der Waals surface area contributed by atoms with Crippen molar-refractivity contribution in [1.29, 1.82) is 0 Å². The maximum absolute atomic E-state index is 2.41. The number of rotatable bonds is 3. The van der Waals surface area contributed by atoms with E-state index in [9.17, 15) is 0 Å². The van der Waals surface area contributed by atoms with Crippen LogP contribution in [0.3, 0.4) is 0 Å². The quantitative estimate of drug-likeness (QED) is 0.217. The smallest absolute Gasteiger partial charge is 0.0541 e. The number of nitrogens with zero attached hydrogens (tertiary/aromatic N) is 2. The van der Waals surface area contributed by atoms with Crippen LogP contribution in [0.5, 0.6) is 0 Å². The second kappa shape index (κ2) is 9.25. The SMILES string of the molecule is Cc1cc(-n2c3c(c4ccccc42)C=CCC=C3)ccc1-c1ccc(-n2c3ccccc3c3ccccc32)cc1C. The van der Waals surface area contributed by atoms with E-state index in [-0.39, 0.29) is 0 Å². The summed E-state index contributed by atoms with van der Waals surface area (Å²) in [4.78, 5) is 0. The molecule has 0 bridgehead atoms. The molecule has 0 fully saturated rings. The first-order valence-electron chi connectivity index (χ1n) is 14.4. The van der Waals surface area contributed by atoms with Crippen molar-refractivity contribution in [2.75, 3.05) is 0 Å². The van der Waals surface area contributed by atoms with Crippen molar-refractivity contribution >= 4 is 44.9 Å². The second-order valence-electron chi connectivity index (χ2n) is 11.1. The van der Waals surface area contributed by atoms with Gasteiger partial charge < -0.3 is 9.13 Å². The summed E-state index contributed by atoms with van der Waals surface area (Å²) in [5, 5.41) is 3.87. The molecule has 0 amide bonds. The third kappa shape index (κ3) is 3.64. The average molecular weight is 527 g/mol. The molecule has 0 saturated carbocycles. The Bertz CT molecular complexity index is 2150. The Hall–Kier alpha value is -5.08. The first-order chi connectivity index (χ1) is 20.2. The van der Waals surface area contributed by atoms with E-state index in [2.05, 4.69) is 156 Å². The van der Waals surface area contributed by atoms with E-state index >= 15 is 0 Å². The molecule has 2 aromatic heterocycles. The van der Waals surface area contributed by atoms with E-state index in [0.717, 1.165) is 6.42 Å². The lowest BCUT2D eigenvalue weighted by molar-refractivity contribution is 1.10. The lowest BCUT2D eigenvalue weighted by Gasteiger charge is -2.16. The van der Waals surface area contributed by atoms with Crippen LogP contribution in [0.4, 0.5) is 0 Å². The van der Waals surface area contributed by atoms with Crippen LogP contribution >= 0.6 is 0 Å². The molecule has 1 aliphatic rings. The minimum absolute atomic E-state index is 0.963. The number of allylic oxidation sites excluding steroid dienone is 2. The number of para-hydroxylation sites is 3. The largest absolute Gasteiger partial charge is 0.309 e. The Labute approximate surface area is 240 Å².